The first kappa shape index (κ1) is 14.3. The molecule has 1 aliphatic carbocycles. The number of benzene rings is 1. The van der Waals surface area contributed by atoms with Crippen LogP contribution in [0.3, 0.4) is 0 Å². The summed E-state index contributed by atoms with van der Waals surface area (Å²) in [4.78, 5) is 15.2. The van der Waals surface area contributed by atoms with Crippen molar-refractivity contribution in [1.82, 2.24) is 4.90 Å². The van der Waals surface area contributed by atoms with Crippen LogP contribution >= 0.6 is 0 Å². The van der Waals surface area contributed by atoms with Crippen LogP contribution in [0, 0.1) is 5.41 Å². The van der Waals surface area contributed by atoms with E-state index >= 15 is 0 Å². The van der Waals surface area contributed by atoms with E-state index in [0.717, 1.165) is 12.1 Å². The fraction of sp³-hybridized carbons (Fsp3) is 0.588. The quantitative estimate of drug-likeness (QED) is 0.801. The van der Waals surface area contributed by atoms with Gasteiger partial charge < -0.3 is 0 Å². The summed E-state index contributed by atoms with van der Waals surface area (Å²) in [6, 6.07) is 10.7. The monoisotopic (exact) mass is 259 g/mol. The largest absolute Gasteiger partial charge is 0.297 e. The van der Waals surface area contributed by atoms with Gasteiger partial charge >= 0.3 is 0 Å². The van der Waals surface area contributed by atoms with E-state index < -0.39 is 0 Å². The van der Waals surface area contributed by atoms with Crippen LogP contribution in [-0.4, -0.2) is 23.3 Å². The van der Waals surface area contributed by atoms with E-state index in [1.165, 1.54) is 12.8 Å². The molecule has 1 aromatic carbocycles. The van der Waals surface area contributed by atoms with Gasteiger partial charge in [0.05, 0.1) is 6.04 Å². The summed E-state index contributed by atoms with van der Waals surface area (Å²) in [6.45, 7) is 9.15. The molecule has 0 bridgehead atoms. The zero-order valence-corrected chi connectivity index (χ0v) is 12.5. The fourth-order valence-corrected chi connectivity index (χ4v) is 2.60. The van der Waals surface area contributed by atoms with Gasteiger partial charge in [-0.2, -0.15) is 0 Å². The zero-order valence-electron chi connectivity index (χ0n) is 12.5. The Hall–Kier alpha value is -1.15. The number of ketones is 1. The number of Topliss-reactive ketones (excluding diaryl/α,β-unsaturated/α-hetero) is 1. The summed E-state index contributed by atoms with van der Waals surface area (Å²) in [5.74, 6) is 0.326. The summed E-state index contributed by atoms with van der Waals surface area (Å²) in [5.41, 5.74) is 0.833. The number of nitrogens with zero attached hydrogens (tertiary/aromatic N) is 1. The number of hydrogen-bond donors (Lipinski definition) is 0. The van der Waals surface area contributed by atoms with Gasteiger partial charge in [-0.25, -0.2) is 0 Å². The first-order chi connectivity index (χ1) is 8.95. The lowest BCUT2D eigenvalue weighted by atomic mass is 9.83. The summed E-state index contributed by atoms with van der Waals surface area (Å²) >= 11 is 0. The normalized spacial score (nSPS) is 17.5. The van der Waals surface area contributed by atoms with Gasteiger partial charge in [0.25, 0.3) is 0 Å². The third kappa shape index (κ3) is 3.24. The smallest absolute Gasteiger partial charge is 0.159 e. The highest BCUT2D eigenvalue weighted by atomic mass is 16.1. The molecule has 1 fully saturated rings. The second-order valence-corrected chi connectivity index (χ2v) is 6.49. The minimum atomic E-state index is -0.303. The van der Waals surface area contributed by atoms with Gasteiger partial charge in [0.1, 0.15) is 0 Å². The molecular formula is C17H25NO. The number of carbonyl (C=O) groups is 1. The van der Waals surface area contributed by atoms with E-state index in [1.807, 2.05) is 39.0 Å². The van der Waals surface area contributed by atoms with Crippen molar-refractivity contribution in [2.24, 2.45) is 5.41 Å². The van der Waals surface area contributed by atoms with Crippen LogP contribution in [0.2, 0.25) is 0 Å². The van der Waals surface area contributed by atoms with Crippen LogP contribution < -0.4 is 0 Å². The maximum absolute atomic E-state index is 12.9. The fourth-order valence-electron chi connectivity index (χ4n) is 2.60. The van der Waals surface area contributed by atoms with Crippen LogP contribution in [-0.2, 0) is 4.79 Å². The SMILES string of the molecule is CCN(C1CC1)[C@@H](C(=O)C(C)(C)C)c1ccccc1. The summed E-state index contributed by atoms with van der Waals surface area (Å²) < 4.78 is 0. The van der Waals surface area contributed by atoms with Gasteiger partial charge in [0.15, 0.2) is 5.78 Å². The molecule has 2 rings (SSSR count). The Morgan fingerprint density at radius 2 is 1.84 bits per heavy atom. The lowest BCUT2D eigenvalue weighted by Gasteiger charge is -2.34. The molecule has 0 unspecified atom stereocenters. The summed E-state index contributed by atoms with van der Waals surface area (Å²) in [7, 11) is 0. The number of hydrogen-bond acceptors (Lipinski definition) is 2. The molecule has 0 N–H and O–H groups in total. The van der Waals surface area contributed by atoms with E-state index in [9.17, 15) is 4.79 Å². The van der Waals surface area contributed by atoms with Crippen molar-refractivity contribution in [3.63, 3.8) is 0 Å². The Kier molecular flexibility index (Phi) is 4.10. The third-order valence-electron chi connectivity index (χ3n) is 3.82. The van der Waals surface area contributed by atoms with Crippen molar-refractivity contribution in [1.29, 1.82) is 0 Å². The molecule has 0 spiro atoms. The first-order valence-electron chi connectivity index (χ1n) is 7.30. The van der Waals surface area contributed by atoms with Gasteiger partial charge in [-0.05, 0) is 24.9 Å². The zero-order chi connectivity index (χ0) is 14.0. The average molecular weight is 259 g/mol. The second kappa shape index (κ2) is 5.46. The highest BCUT2D eigenvalue weighted by molar-refractivity contribution is 5.89. The molecule has 2 heteroatoms. The van der Waals surface area contributed by atoms with Crippen molar-refractivity contribution in [3.05, 3.63) is 35.9 Å². The number of carbonyl (C=O) groups excluding carboxylic acids is 1. The van der Waals surface area contributed by atoms with Gasteiger partial charge in [0.2, 0.25) is 0 Å². The molecule has 104 valence electrons. The summed E-state index contributed by atoms with van der Waals surface area (Å²) in [5, 5.41) is 0. The Balaban J connectivity index is 2.35. The van der Waals surface area contributed by atoms with Gasteiger partial charge in [0, 0.05) is 11.5 Å². The molecule has 0 aromatic heterocycles. The molecule has 2 nitrogen and oxygen atoms in total. The van der Waals surface area contributed by atoms with E-state index in [4.69, 9.17) is 0 Å². The molecule has 0 radical (unpaired) electrons. The highest BCUT2D eigenvalue weighted by Crippen LogP contribution is 2.37. The summed E-state index contributed by atoms with van der Waals surface area (Å²) in [6.07, 6.45) is 2.46. The number of rotatable bonds is 5. The molecule has 0 amide bonds. The third-order valence-corrected chi connectivity index (χ3v) is 3.82. The van der Waals surface area contributed by atoms with Crippen LogP contribution in [0.1, 0.15) is 52.1 Å². The predicted octanol–water partition coefficient (Wildman–Crippen LogP) is 3.83. The van der Waals surface area contributed by atoms with Gasteiger partial charge in [-0.3, -0.25) is 9.69 Å². The topological polar surface area (TPSA) is 20.3 Å². The number of likely N-dealkylation sites (N-methyl/N-ethyl adjacent to an activating group) is 1. The molecule has 1 aromatic rings. The highest BCUT2D eigenvalue weighted by Gasteiger charge is 2.40. The standard InChI is InChI=1S/C17H25NO/c1-5-18(14-11-12-14)15(16(19)17(2,3)4)13-9-7-6-8-10-13/h6-10,14-15H,5,11-12H2,1-4H3/t15-/m1/s1. The molecule has 0 saturated heterocycles. The van der Waals surface area contributed by atoms with Crippen molar-refractivity contribution in [3.8, 4) is 0 Å². The minimum absolute atomic E-state index is 0.0845. The van der Waals surface area contributed by atoms with E-state index in [2.05, 4.69) is 24.0 Å². The lowest BCUT2D eigenvalue weighted by Crippen LogP contribution is -2.40. The Morgan fingerprint density at radius 1 is 1.26 bits per heavy atom. The maximum atomic E-state index is 12.9. The predicted molar refractivity (Wildman–Crippen MR) is 79.0 cm³/mol. The second-order valence-electron chi connectivity index (χ2n) is 6.49. The molecule has 1 atom stereocenters. The maximum Gasteiger partial charge on any atom is 0.159 e. The van der Waals surface area contributed by atoms with Crippen LogP contribution in [0.4, 0.5) is 0 Å². The molecule has 19 heavy (non-hydrogen) atoms. The van der Waals surface area contributed by atoms with Crippen molar-refractivity contribution in [2.75, 3.05) is 6.54 Å². The lowest BCUT2D eigenvalue weighted by molar-refractivity contribution is -0.132. The molecular weight excluding hydrogens is 234 g/mol. The van der Waals surface area contributed by atoms with Crippen LogP contribution in [0.15, 0.2) is 30.3 Å². The van der Waals surface area contributed by atoms with Crippen molar-refractivity contribution in [2.45, 2.75) is 52.6 Å². The molecule has 0 heterocycles. The van der Waals surface area contributed by atoms with Crippen molar-refractivity contribution >= 4 is 5.78 Å². The Labute approximate surface area is 116 Å². The Morgan fingerprint density at radius 3 is 2.26 bits per heavy atom. The van der Waals surface area contributed by atoms with Gasteiger partial charge in [-0.1, -0.05) is 58.0 Å². The molecule has 0 aliphatic heterocycles. The van der Waals surface area contributed by atoms with E-state index in [1.54, 1.807) is 0 Å². The van der Waals surface area contributed by atoms with Crippen molar-refractivity contribution < 1.29 is 4.79 Å². The first-order valence-corrected chi connectivity index (χ1v) is 7.30. The molecule has 1 saturated carbocycles. The van der Waals surface area contributed by atoms with E-state index in [-0.39, 0.29) is 11.5 Å². The minimum Gasteiger partial charge on any atom is -0.297 e. The van der Waals surface area contributed by atoms with Crippen LogP contribution in [0.5, 0.6) is 0 Å². The van der Waals surface area contributed by atoms with E-state index in [0.29, 0.717) is 11.8 Å². The average Bonchev–Trinajstić information content (AvgIpc) is 3.19. The molecule has 1 aliphatic rings. The Bertz CT molecular complexity index is 428. The van der Waals surface area contributed by atoms with Crippen LogP contribution in [0.25, 0.3) is 0 Å². The van der Waals surface area contributed by atoms with Gasteiger partial charge in [-0.15, -0.1) is 0 Å².